The predicted octanol–water partition coefficient (Wildman–Crippen LogP) is 2.76. The van der Waals surface area contributed by atoms with E-state index in [1.54, 1.807) is 0 Å². The molecule has 0 aliphatic carbocycles. The third-order valence-electron chi connectivity index (χ3n) is 1.92. The minimum atomic E-state index is 0.0389. The lowest BCUT2D eigenvalue weighted by Crippen LogP contribution is -2.26. The topological polar surface area (TPSA) is 9.23 Å². The number of thiol groups is 1. The summed E-state index contributed by atoms with van der Waals surface area (Å²) in [7, 11) is 0. The standard InChI is InChI=1S/C9H20OS/c1-5-9(3,4)10-6-8(2)7-11/h8,11H,5-7H2,1-4H3. The van der Waals surface area contributed by atoms with E-state index in [4.69, 9.17) is 4.74 Å². The minimum absolute atomic E-state index is 0.0389. The molecular formula is C9H20OS. The van der Waals surface area contributed by atoms with Gasteiger partial charge in [-0.3, -0.25) is 0 Å². The summed E-state index contributed by atoms with van der Waals surface area (Å²) >= 11 is 4.19. The molecule has 0 bridgehead atoms. The molecule has 11 heavy (non-hydrogen) atoms. The monoisotopic (exact) mass is 176 g/mol. The normalized spacial score (nSPS) is 15.0. The molecule has 0 N–H and O–H groups in total. The molecule has 0 fully saturated rings. The van der Waals surface area contributed by atoms with Crippen molar-refractivity contribution in [2.45, 2.75) is 39.7 Å². The molecule has 0 heterocycles. The fourth-order valence-electron chi connectivity index (χ4n) is 0.523. The van der Waals surface area contributed by atoms with Gasteiger partial charge in [0.15, 0.2) is 0 Å². The van der Waals surface area contributed by atoms with Crippen LogP contribution < -0.4 is 0 Å². The van der Waals surface area contributed by atoms with Crippen molar-refractivity contribution in [3.63, 3.8) is 0 Å². The van der Waals surface area contributed by atoms with E-state index in [0.717, 1.165) is 18.8 Å². The largest absolute Gasteiger partial charge is 0.375 e. The smallest absolute Gasteiger partial charge is 0.0624 e. The average molecular weight is 176 g/mol. The molecule has 2 heteroatoms. The molecule has 1 unspecified atom stereocenters. The average Bonchev–Trinajstić information content (AvgIpc) is 2.00. The summed E-state index contributed by atoms with van der Waals surface area (Å²) < 4.78 is 5.68. The molecule has 0 aliphatic rings. The minimum Gasteiger partial charge on any atom is -0.375 e. The Bertz CT molecular complexity index is 102. The van der Waals surface area contributed by atoms with Crippen molar-refractivity contribution in [2.75, 3.05) is 12.4 Å². The van der Waals surface area contributed by atoms with Crippen molar-refractivity contribution < 1.29 is 4.74 Å². The highest BCUT2D eigenvalue weighted by molar-refractivity contribution is 7.80. The van der Waals surface area contributed by atoms with Gasteiger partial charge in [0.1, 0.15) is 0 Å². The van der Waals surface area contributed by atoms with Gasteiger partial charge in [0.2, 0.25) is 0 Å². The number of rotatable bonds is 5. The van der Waals surface area contributed by atoms with E-state index in [-0.39, 0.29) is 5.60 Å². The number of ether oxygens (including phenoxy) is 1. The molecule has 0 aromatic rings. The summed E-state index contributed by atoms with van der Waals surface area (Å²) in [4.78, 5) is 0. The second-order valence-electron chi connectivity index (χ2n) is 3.71. The lowest BCUT2D eigenvalue weighted by atomic mass is 10.1. The quantitative estimate of drug-likeness (QED) is 0.634. The second-order valence-corrected chi connectivity index (χ2v) is 4.08. The Balaban J connectivity index is 3.52. The van der Waals surface area contributed by atoms with Crippen molar-refractivity contribution in [3.05, 3.63) is 0 Å². The predicted molar refractivity (Wildman–Crippen MR) is 53.3 cm³/mol. The Labute approximate surface area is 75.9 Å². The Morgan fingerprint density at radius 3 is 2.36 bits per heavy atom. The molecule has 0 spiro atoms. The van der Waals surface area contributed by atoms with Crippen LogP contribution >= 0.6 is 12.6 Å². The first-order valence-corrected chi connectivity index (χ1v) is 4.90. The Morgan fingerprint density at radius 1 is 1.45 bits per heavy atom. The number of hydrogen-bond acceptors (Lipinski definition) is 2. The first-order chi connectivity index (χ1) is 5.02. The summed E-state index contributed by atoms with van der Waals surface area (Å²) in [5.41, 5.74) is 0.0389. The van der Waals surface area contributed by atoms with Crippen molar-refractivity contribution in [1.29, 1.82) is 0 Å². The molecule has 0 aromatic heterocycles. The van der Waals surface area contributed by atoms with Gasteiger partial charge in [-0.2, -0.15) is 12.6 Å². The molecule has 1 nitrogen and oxygen atoms in total. The van der Waals surface area contributed by atoms with Crippen LogP contribution in [0.3, 0.4) is 0 Å². The van der Waals surface area contributed by atoms with E-state index in [1.165, 1.54) is 0 Å². The molecular weight excluding hydrogens is 156 g/mol. The van der Waals surface area contributed by atoms with Gasteiger partial charge in [-0.1, -0.05) is 13.8 Å². The Kier molecular flexibility index (Phi) is 5.19. The summed E-state index contributed by atoms with van der Waals surface area (Å²) in [5, 5.41) is 0. The van der Waals surface area contributed by atoms with E-state index >= 15 is 0 Å². The second kappa shape index (κ2) is 5.04. The van der Waals surface area contributed by atoms with Gasteiger partial charge in [0.25, 0.3) is 0 Å². The van der Waals surface area contributed by atoms with E-state index in [2.05, 4.69) is 40.3 Å². The van der Waals surface area contributed by atoms with E-state index < -0.39 is 0 Å². The summed E-state index contributed by atoms with van der Waals surface area (Å²) in [6, 6.07) is 0. The maximum absolute atomic E-state index is 5.68. The first kappa shape index (κ1) is 11.3. The molecule has 0 radical (unpaired) electrons. The SMILES string of the molecule is CCC(C)(C)OCC(C)CS. The van der Waals surface area contributed by atoms with Crippen LogP contribution in [0.25, 0.3) is 0 Å². The van der Waals surface area contributed by atoms with Crippen LogP contribution in [0.5, 0.6) is 0 Å². The zero-order valence-electron chi connectivity index (χ0n) is 8.05. The van der Waals surface area contributed by atoms with Crippen LogP contribution in [0, 0.1) is 5.92 Å². The van der Waals surface area contributed by atoms with Crippen LogP contribution in [0.1, 0.15) is 34.1 Å². The van der Waals surface area contributed by atoms with Crippen LogP contribution in [-0.2, 0) is 4.74 Å². The molecule has 0 aromatic carbocycles. The lowest BCUT2D eigenvalue weighted by molar-refractivity contribution is -0.0320. The molecule has 0 rings (SSSR count). The van der Waals surface area contributed by atoms with Crippen LogP contribution in [0.15, 0.2) is 0 Å². The van der Waals surface area contributed by atoms with Gasteiger partial charge in [-0.15, -0.1) is 0 Å². The highest BCUT2D eigenvalue weighted by atomic mass is 32.1. The maximum Gasteiger partial charge on any atom is 0.0624 e. The van der Waals surface area contributed by atoms with Crippen molar-refractivity contribution in [3.8, 4) is 0 Å². The van der Waals surface area contributed by atoms with Crippen molar-refractivity contribution in [1.82, 2.24) is 0 Å². The fraction of sp³-hybridized carbons (Fsp3) is 1.00. The Hall–Kier alpha value is 0.310. The van der Waals surface area contributed by atoms with Crippen LogP contribution in [-0.4, -0.2) is 18.0 Å². The Morgan fingerprint density at radius 2 is 2.00 bits per heavy atom. The molecule has 0 saturated heterocycles. The summed E-state index contributed by atoms with van der Waals surface area (Å²) in [6.07, 6.45) is 1.06. The highest BCUT2D eigenvalue weighted by Gasteiger charge is 2.15. The van der Waals surface area contributed by atoms with E-state index in [1.807, 2.05) is 0 Å². The van der Waals surface area contributed by atoms with Gasteiger partial charge >= 0.3 is 0 Å². The van der Waals surface area contributed by atoms with Crippen molar-refractivity contribution >= 4 is 12.6 Å². The van der Waals surface area contributed by atoms with Crippen LogP contribution in [0.4, 0.5) is 0 Å². The van der Waals surface area contributed by atoms with E-state index in [0.29, 0.717) is 5.92 Å². The van der Waals surface area contributed by atoms with Gasteiger partial charge < -0.3 is 4.74 Å². The molecule has 1 atom stereocenters. The molecule has 0 saturated carbocycles. The molecule has 0 amide bonds. The first-order valence-electron chi connectivity index (χ1n) is 4.26. The van der Waals surface area contributed by atoms with Crippen LogP contribution in [0.2, 0.25) is 0 Å². The zero-order valence-corrected chi connectivity index (χ0v) is 8.95. The van der Waals surface area contributed by atoms with Gasteiger partial charge in [-0.25, -0.2) is 0 Å². The van der Waals surface area contributed by atoms with Gasteiger partial charge in [0, 0.05) is 0 Å². The summed E-state index contributed by atoms with van der Waals surface area (Å²) in [6.45, 7) is 9.37. The zero-order chi connectivity index (χ0) is 8.91. The third kappa shape index (κ3) is 5.57. The number of hydrogen-bond donors (Lipinski definition) is 1. The highest BCUT2D eigenvalue weighted by Crippen LogP contribution is 2.15. The van der Waals surface area contributed by atoms with E-state index in [9.17, 15) is 0 Å². The van der Waals surface area contributed by atoms with Gasteiger partial charge in [-0.05, 0) is 31.9 Å². The molecule has 68 valence electrons. The van der Waals surface area contributed by atoms with Gasteiger partial charge in [0.05, 0.1) is 12.2 Å². The maximum atomic E-state index is 5.68. The molecule has 0 aliphatic heterocycles. The van der Waals surface area contributed by atoms with Crippen molar-refractivity contribution in [2.24, 2.45) is 5.92 Å². The lowest BCUT2D eigenvalue weighted by Gasteiger charge is -2.25. The summed E-state index contributed by atoms with van der Waals surface area (Å²) in [5.74, 6) is 1.46. The fourth-order valence-corrected chi connectivity index (χ4v) is 0.628. The third-order valence-corrected chi connectivity index (χ3v) is 2.55.